The summed E-state index contributed by atoms with van der Waals surface area (Å²) < 4.78 is 19.1. The van der Waals surface area contributed by atoms with Crippen LogP contribution in [0.5, 0.6) is 0 Å². The van der Waals surface area contributed by atoms with Gasteiger partial charge < -0.3 is 15.0 Å². The molecule has 1 amide bonds. The molecule has 0 aliphatic carbocycles. The number of ether oxygens (including phenoxy) is 1. The summed E-state index contributed by atoms with van der Waals surface area (Å²) in [6.45, 7) is 6.29. The maximum atomic E-state index is 13.7. The first kappa shape index (κ1) is 18.6. The third-order valence-corrected chi connectivity index (χ3v) is 3.44. The lowest BCUT2D eigenvalue weighted by atomic mass is 10.1. The van der Waals surface area contributed by atoms with Crippen molar-refractivity contribution >= 4 is 18.3 Å². The predicted molar refractivity (Wildman–Crippen MR) is 86.5 cm³/mol. The number of benzene rings is 1. The number of nitrogens with one attached hydrogen (secondary N) is 1. The van der Waals surface area contributed by atoms with Crippen LogP contribution in [0, 0.1) is 5.82 Å². The van der Waals surface area contributed by atoms with E-state index in [9.17, 15) is 9.18 Å². The Morgan fingerprint density at radius 3 is 2.91 bits per heavy atom. The Labute approximate surface area is 136 Å². The van der Waals surface area contributed by atoms with Gasteiger partial charge in [0.1, 0.15) is 5.82 Å². The van der Waals surface area contributed by atoms with Gasteiger partial charge in [0.05, 0.1) is 13.2 Å². The summed E-state index contributed by atoms with van der Waals surface area (Å²) in [4.78, 5) is 14.0. The van der Waals surface area contributed by atoms with Gasteiger partial charge in [-0.15, -0.1) is 19.0 Å². The number of hydrogen-bond acceptors (Lipinski definition) is 3. The molecule has 1 heterocycles. The highest BCUT2D eigenvalue weighted by atomic mass is 35.5. The summed E-state index contributed by atoms with van der Waals surface area (Å²) in [7, 11) is 0. The number of carbonyl (C=O) groups excluding carboxylic acids is 1. The Kier molecular flexibility index (Phi) is 8.09. The second-order valence-electron chi connectivity index (χ2n) is 5.08. The third kappa shape index (κ3) is 5.40. The molecule has 6 heteroatoms. The first-order valence-electron chi connectivity index (χ1n) is 7.14. The average molecular weight is 329 g/mol. The van der Waals surface area contributed by atoms with E-state index >= 15 is 0 Å². The second-order valence-corrected chi connectivity index (χ2v) is 5.08. The molecule has 4 nitrogen and oxygen atoms in total. The number of morpholine rings is 1. The van der Waals surface area contributed by atoms with E-state index in [1.807, 2.05) is 0 Å². The van der Waals surface area contributed by atoms with Gasteiger partial charge in [0, 0.05) is 37.7 Å². The predicted octanol–water partition coefficient (Wildman–Crippen LogP) is 2.14. The summed E-state index contributed by atoms with van der Waals surface area (Å²) in [5.41, 5.74) is 0.514. The lowest BCUT2D eigenvalue weighted by Crippen LogP contribution is -2.45. The normalized spacial score (nSPS) is 17.4. The van der Waals surface area contributed by atoms with E-state index < -0.39 is 0 Å². The molecule has 0 saturated carbocycles. The number of hydrogen-bond donors (Lipinski definition) is 1. The number of nitrogens with zero attached hydrogens (tertiary/aromatic N) is 1. The van der Waals surface area contributed by atoms with Crippen LogP contribution in [0.3, 0.4) is 0 Å². The zero-order valence-corrected chi connectivity index (χ0v) is 13.3. The van der Waals surface area contributed by atoms with Crippen molar-refractivity contribution in [2.45, 2.75) is 19.0 Å². The molecule has 1 N–H and O–H groups in total. The van der Waals surface area contributed by atoms with Gasteiger partial charge in [0.2, 0.25) is 5.91 Å². The molecular weight excluding hydrogens is 307 g/mol. The Hall–Kier alpha value is -1.43. The SMILES string of the molecule is C=CCN(Cc1ccccc1F)C(=O)CC1COCCN1.Cl. The van der Waals surface area contributed by atoms with Gasteiger partial charge in [-0.3, -0.25) is 4.79 Å². The zero-order chi connectivity index (χ0) is 15.1. The molecule has 0 spiro atoms. The lowest BCUT2D eigenvalue weighted by molar-refractivity contribution is -0.132. The molecule has 1 fully saturated rings. The van der Waals surface area contributed by atoms with Crippen LogP contribution in [0.1, 0.15) is 12.0 Å². The fourth-order valence-electron chi connectivity index (χ4n) is 2.33. The smallest absolute Gasteiger partial charge is 0.224 e. The van der Waals surface area contributed by atoms with Gasteiger partial charge in [-0.05, 0) is 6.07 Å². The van der Waals surface area contributed by atoms with Crippen molar-refractivity contribution in [3.05, 3.63) is 48.3 Å². The maximum Gasteiger partial charge on any atom is 0.224 e. The van der Waals surface area contributed by atoms with Crippen LogP contribution in [0.15, 0.2) is 36.9 Å². The summed E-state index contributed by atoms with van der Waals surface area (Å²) in [5.74, 6) is -0.320. The molecule has 122 valence electrons. The summed E-state index contributed by atoms with van der Waals surface area (Å²) in [6.07, 6.45) is 2.01. The van der Waals surface area contributed by atoms with Crippen molar-refractivity contribution < 1.29 is 13.9 Å². The Morgan fingerprint density at radius 2 is 2.27 bits per heavy atom. The van der Waals surface area contributed by atoms with Crippen molar-refractivity contribution in [2.75, 3.05) is 26.3 Å². The van der Waals surface area contributed by atoms with Gasteiger partial charge in [-0.2, -0.15) is 0 Å². The van der Waals surface area contributed by atoms with Crippen LogP contribution in [0.4, 0.5) is 4.39 Å². The van der Waals surface area contributed by atoms with E-state index in [0.717, 1.165) is 6.54 Å². The van der Waals surface area contributed by atoms with E-state index in [1.54, 1.807) is 29.2 Å². The maximum absolute atomic E-state index is 13.7. The molecule has 1 aromatic rings. The standard InChI is InChI=1S/C16H21FN2O2.ClH/c1-2-8-19(11-13-5-3-4-6-15(13)17)16(20)10-14-12-21-9-7-18-14;/h2-6,14,18H,1,7-12H2;1H. The van der Waals surface area contributed by atoms with Gasteiger partial charge in [-0.25, -0.2) is 4.39 Å². The van der Waals surface area contributed by atoms with Gasteiger partial charge >= 0.3 is 0 Å². The molecule has 0 aromatic heterocycles. The first-order chi connectivity index (χ1) is 10.2. The minimum atomic E-state index is -0.293. The van der Waals surface area contributed by atoms with E-state index in [4.69, 9.17) is 4.74 Å². The number of carbonyl (C=O) groups is 1. The first-order valence-corrected chi connectivity index (χ1v) is 7.14. The summed E-state index contributed by atoms with van der Waals surface area (Å²) >= 11 is 0. The second kappa shape index (κ2) is 9.56. The molecule has 1 unspecified atom stereocenters. The van der Waals surface area contributed by atoms with Gasteiger partial charge in [0.15, 0.2) is 0 Å². The van der Waals surface area contributed by atoms with Crippen molar-refractivity contribution in [3.8, 4) is 0 Å². The molecule has 0 bridgehead atoms. The van der Waals surface area contributed by atoms with Crippen molar-refractivity contribution in [1.29, 1.82) is 0 Å². The van der Waals surface area contributed by atoms with Crippen molar-refractivity contribution in [3.63, 3.8) is 0 Å². The largest absolute Gasteiger partial charge is 0.378 e. The summed E-state index contributed by atoms with van der Waals surface area (Å²) in [5, 5.41) is 3.25. The number of rotatable bonds is 6. The van der Waals surface area contributed by atoms with Crippen LogP contribution in [0.2, 0.25) is 0 Å². The summed E-state index contributed by atoms with van der Waals surface area (Å²) in [6, 6.07) is 6.54. The van der Waals surface area contributed by atoms with E-state index in [-0.39, 0.29) is 36.7 Å². The van der Waals surface area contributed by atoms with E-state index in [1.165, 1.54) is 6.07 Å². The third-order valence-electron chi connectivity index (χ3n) is 3.44. The lowest BCUT2D eigenvalue weighted by Gasteiger charge is -2.27. The van der Waals surface area contributed by atoms with Crippen molar-refractivity contribution in [2.24, 2.45) is 0 Å². The number of halogens is 2. The topological polar surface area (TPSA) is 41.6 Å². The minimum absolute atomic E-state index is 0. The fraction of sp³-hybridized carbons (Fsp3) is 0.438. The highest BCUT2D eigenvalue weighted by molar-refractivity contribution is 5.85. The Bertz CT molecular complexity index is 493. The zero-order valence-electron chi connectivity index (χ0n) is 12.5. The fourth-order valence-corrected chi connectivity index (χ4v) is 2.33. The molecule has 2 rings (SSSR count). The molecule has 1 aromatic carbocycles. The Morgan fingerprint density at radius 1 is 1.50 bits per heavy atom. The van der Waals surface area contributed by atoms with Crippen LogP contribution in [-0.4, -0.2) is 43.2 Å². The Balaban J connectivity index is 0.00000242. The van der Waals surface area contributed by atoms with Crippen LogP contribution in [-0.2, 0) is 16.1 Å². The minimum Gasteiger partial charge on any atom is -0.378 e. The molecule has 1 saturated heterocycles. The monoisotopic (exact) mass is 328 g/mol. The molecule has 0 radical (unpaired) electrons. The van der Waals surface area contributed by atoms with Crippen molar-refractivity contribution in [1.82, 2.24) is 10.2 Å². The average Bonchev–Trinajstić information content (AvgIpc) is 2.50. The molecule has 1 aliphatic heterocycles. The van der Waals surface area contributed by atoms with Crippen LogP contribution >= 0.6 is 12.4 Å². The van der Waals surface area contributed by atoms with Crippen LogP contribution < -0.4 is 5.32 Å². The van der Waals surface area contributed by atoms with E-state index in [0.29, 0.717) is 31.7 Å². The quantitative estimate of drug-likeness (QED) is 0.814. The van der Waals surface area contributed by atoms with Crippen LogP contribution in [0.25, 0.3) is 0 Å². The molecule has 1 aliphatic rings. The molecular formula is C16H22ClFN2O2. The van der Waals surface area contributed by atoms with E-state index in [2.05, 4.69) is 11.9 Å². The number of amides is 1. The highest BCUT2D eigenvalue weighted by Crippen LogP contribution is 2.12. The van der Waals surface area contributed by atoms with Gasteiger partial charge in [-0.1, -0.05) is 24.3 Å². The molecule has 22 heavy (non-hydrogen) atoms. The molecule has 1 atom stereocenters. The highest BCUT2D eigenvalue weighted by Gasteiger charge is 2.21. The van der Waals surface area contributed by atoms with Gasteiger partial charge in [0.25, 0.3) is 0 Å².